The van der Waals surface area contributed by atoms with Gasteiger partial charge in [0.05, 0.1) is 13.2 Å². The van der Waals surface area contributed by atoms with Gasteiger partial charge in [-0.2, -0.15) is 0 Å². The number of rotatable bonds is 7. The summed E-state index contributed by atoms with van der Waals surface area (Å²) in [6, 6.07) is 8.94. The van der Waals surface area contributed by atoms with Gasteiger partial charge in [-0.3, -0.25) is 9.59 Å². The molecule has 1 atom stereocenters. The lowest BCUT2D eigenvalue weighted by molar-refractivity contribution is -0.139. The largest absolute Gasteiger partial charge is 0.497 e. The average molecular weight is 360 g/mol. The van der Waals surface area contributed by atoms with Gasteiger partial charge in [0.25, 0.3) is 0 Å². The molecule has 2 aromatic rings. The molecule has 0 aliphatic heterocycles. The number of aryl methyl sites for hydroxylation is 2. The summed E-state index contributed by atoms with van der Waals surface area (Å²) in [6.45, 7) is 4.00. The van der Waals surface area contributed by atoms with Crippen molar-refractivity contribution in [3.8, 4) is 5.75 Å². The highest BCUT2D eigenvalue weighted by atomic mass is 16.5. The summed E-state index contributed by atoms with van der Waals surface area (Å²) < 4.78 is 10.4. The van der Waals surface area contributed by atoms with Gasteiger partial charge in [-0.25, -0.2) is 0 Å². The first-order chi connectivity index (χ1) is 12.4. The number of benzene rings is 1. The van der Waals surface area contributed by atoms with Gasteiger partial charge in [-0.1, -0.05) is 12.1 Å². The van der Waals surface area contributed by atoms with Crippen molar-refractivity contribution in [1.29, 1.82) is 0 Å². The fourth-order valence-electron chi connectivity index (χ4n) is 2.55. The standard InChI is InChI=1S/C19H24N2O5/c1-12-10-16(13(2)26-12)17(22)8-9-20-18(23)19(24)21-11-14-4-6-15(25-3)7-5-14/h4-7,10,17,22H,8-9,11H2,1-3H3,(H,20,23)(H,21,24). The van der Waals surface area contributed by atoms with Crippen LogP contribution in [0.5, 0.6) is 5.75 Å². The van der Waals surface area contributed by atoms with E-state index in [9.17, 15) is 14.7 Å². The lowest BCUT2D eigenvalue weighted by atomic mass is 10.1. The molecule has 7 heteroatoms. The van der Waals surface area contributed by atoms with Crippen LogP contribution in [0, 0.1) is 13.8 Å². The predicted octanol–water partition coefficient (Wildman–Crippen LogP) is 1.76. The predicted molar refractivity (Wildman–Crippen MR) is 95.6 cm³/mol. The van der Waals surface area contributed by atoms with Crippen molar-refractivity contribution in [2.45, 2.75) is 32.9 Å². The maximum absolute atomic E-state index is 11.8. The zero-order valence-electron chi connectivity index (χ0n) is 15.2. The molecule has 1 aromatic carbocycles. The van der Waals surface area contributed by atoms with E-state index < -0.39 is 17.9 Å². The molecule has 26 heavy (non-hydrogen) atoms. The average Bonchev–Trinajstić information content (AvgIpc) is 2.98. The summed E-state index contributed by atoms with van der Waals surface area (Å²) in [5.74, 6) is 0.646. The van der Waals surface area contributed by atoms with Crippen LogP contribution >= 0.6 is 0 Å². The second-order valence-corrected chi connectivity index (χ2v) is 5.96. The Morgan fingerprint density at radius 2 is 1.81 bits per heavy atom. The third-order valence-corrected chi connectivity index (χ3v) is 3.96. The quantitative estimate of drug-likeness (QED) is 0.653. The molecule has 0 radical (unpaired) electrons. The van der Waals surface area contributed by atoms with E-state index in [1.54, 1.807) is 39.2 Å². The van der Waals surface area contributed by atoms with Crippen molar-refractivity contribution in [3.63, 3.8) is 0 Å². The topological polar surface area (TPSA) is 101 Å². The minimum atomic E-state index is -0.755. The fraction of sp³-hybridized carbons (Fsp3) is 0.368. The van der Waals surface area contributed by atoms with Gasteiger partial charge in [0.1, 0.15) is 17.3 Å². The third kappa shape index (κ3) is 5.35. The lowest BCUT2D eigenvalue weighted by Crippen LogP contribution is -2.40. The monoisotopic (exact) mass is 360 g/mol. The summed E-state index contributed by atoms with van der Waals surface area (Å²) in [5.41, 5.74) is 1.55. The minimum Gasteiger partial charge on any atom is -0.497 e. The number of furan rings is 1. The summed E-state index contributed by atoms with van der Waals surface area (Å²) in [4.78, 5) is 23.6. The summed E-state index contributed by atoms with van der Waals surface area (Å²) >= 11 is 0. The lowest BCUT2D eigenvalue weighted by Gasteiger charge is -2.11. The number of aliphatic hydroxyl groups excluding tert-OH is 1. The van der Waals surface area contributed by atoms with E-state index in [0.29, 0.717) is 11.3 Å². The number of hydrogen-bond acceptors (Lipinski definition) is 5. The molecule has 2 rings (SSSR count). The summed E-state index contributed by atoms with van der Waals surface area (Å²) in [7, 11) is 1.58. The number of aliphatic hydroxyl groups is 1. The van der Waals surface area contributed by atoms with E-state index in [1.165, 1.54) is 0 Å². The first-order valence-corrected chi connectivity index (χ1v) is 8.34. The van der Waals surface area contributed by atoms with Crippen LogP contribution in [0.3, 0.4) is 0 Å². The SMILES string of the molecule is COc1ccc(CNC(=O)C(=O)NCCC(O)c2cc(C)oc2C)cc1. The van der Waals surface area contributed by atoms with Gasteiger partial charge in [0.15, 0.2) is 0 Å². The Morgan fingerprint density at radius 1 is 1.15 bits per heavy atom. The second-order valence-electron chi connectivity index (χ2n) is 5.96. The van der Waals surface area contributed by atoms with Gasteiger partial charge in [0.2, 0.25) is 0 Å². The van der Waals surface area contributed by atoms with Gasteiger partial charge >= 0.3 is 11.8 Å². The van der Waals surface area contributed by atoms with Crippen LogP contribution in [0.1, 0.15) is 35.2 Å². The molecule has 3 N–H and O–H groups in total. The zero-order valence-corrected chi connectivity index (χ0v) is 15.2. The van der Waals surface area contributed by atoms with Gasteiger partial charge < -0.3 is 24.9 Å². The zero-order chi connectivity index (χ0) is 19.1. The summed E-state index contributed by atoms with van der Waals surface area (Å²) in [6.07, 6.45) is -0.466. The molecule has 1 aromatic heterocycles. The number of hydrogen-bond donors (Lipinski definition) is 3. The first-order valence-electron chi connectivity index (χ1n) is 8.34. The smallest absolute Gasteiger partial charge is 0.309 e. The molecule has 0 saturated carbocycles. The Hall–Kier alpha value is -2.80. The number of carbonyl (C=O) groups is 2. The van der Waals surface area contributed by atoms with Crippen LogP contribution in [-0.4, -0.2) is 30.6 Å². The number of methoxy groups -OCH3 is 1. The fourth-order valence-corrected chi connectivity index (χ4v) is 2.55. The van der Waals surface area contributed by atoms with E-state index in [4.69, 9.17) is 9.15 Å². The minimum absolute atomic E-state index is 0.180. The van der Waals surface area contributed by atoms with Crippen molar-refractivity contribution in [1.82, 2.24) is 10.6 Å². The second kappa shape index (κ2) is 9.05. The molecule has 1 unspecified atom stereocenters. The summed E-state index contributed by atoms with van der Waals surface area (Å²) in [5, 5.41) is 15.2. The van der Waals surface area contributed by atoms with Crippen molar-refractivity contribution in [3.05, 3.63) is 53.0 Å². The van der Waals surface area contributed by atoms with Crippen molar-refractivity contribution in [2.75, 3.05) is 13.7 Å². The van der Waals surface area contributed by atoms with Crippen LogP contribution in [0.2, 0.25) is 0 Å². The third-order valence-electron chi connectivity index (χ3n) is 3.96. The van der Waals surface area contributed by atoms with Crippen molar-refractivity contribution >= 4 is 11.8 Å². The number of nitrogens with one attached hydrogen (secondary N) is 2. The number of ether oxygens (including phenoxy) is 1. The van der Waals surface area contributed by atoms with Crippen molar-refractivity contribution < 1.29 is 23.8 Å². The molecule has 0 fully saturated rings. The van der Waals surface area contributed by atoms with Gasteiger partial charge in [0, 0.05) is 18.7 Å². The van der Waals surface area contributed by atoms with E-state index in [-0.39, 0.29) is 19.5 Å². The number of carbonyl (C=O) groups excluding carboxylic acids is 2. The molecular formula is C19H24N2O5. The Bertz CT molecular complexity index is 752. The van der Waals surface area contributed by atoms with Crippen LogP contribution in [0.15, 0.2) is 34.7 Å². The number of amides is 2. The highest BCUT2D eigenvalue weighted by Crippen LogP contribution is 2.23. The normalized spacial score (nSPS) is 11.7. The maximum atomic E-state index is 11.8. The molecule has 0 aliphatic rings. The van der Waals surface area contributed by atoms with Crippen molar-refractivity contribution in [2.24, 2.45) is 0 Å². The molecule has 0 bridgehead atoms. The van der Waals surface area contributed by atoms with Crippen LogP contribution in [0.25, 0.3) is 0 Å². The molecular weight excluding hydrogens is 336 g/mol. The highest BCUT2D eigenvalue weighted by Gasteiger charge is 2.16. The Balaban J connectivity index is 1.72. The Labute approximate surface area is 152 Å². The Kier molecular flexibility index (Phi) is 6.80. The molecule has 140 valence electrons. The molecule has 1 heterocycles. The van der Waals surface area contributed by atoms with Gasteiger partial charge in [-0.15, -0.1) is 0 Å². The van der Waals surface area contributed by atoms with Crippen LogP contribution in [0.4, 0.5) is 0 Å². The molecule has 0 aliphatic carbocycles. The molecule has 2 amide bonds. The Morgan fingerprint density at radius 3 is 2.38 bits per heavy atom. The maximum Gasteiger partial charge on any atom is 0.309 e. The molecule has 0 saturated heterocycles. The van der Waals surface area contributed by atoms with E-state index in [2.05, 4.69) is 10.6 Å². The van der Waals surface area contributed by atoms with E-state index in [0.717, 1.165) is 17.1 Å². The molecule has 0 spiro atoms. The van der Waals surface area contributed by atoms with E-state index >= 15 is 0 Å². The molecule has 7 nitrogen and oxygen atoms in total. The first kappa shape index (κ1) is 19.5. The van der Waals surface area contributed by atoms with Crippen LogP contribution in [-0.2, 0) is 16.1 Å². The highest BCUT2D eigenvalue weighted by molar-refractivity contribution is 6.35. The van der Waals surface area contributed by atoms with Gasteiger partial charge in [-0.05, 0) is 44.0 Å². The van der Waals surface area contributed by atoms with Crippen LogP contribution < -0.4 is 15.4 Å². The van der Waals surface area contributed by atoms with E-state index in [1.807, 2.05) is 12.1 Å².